The van der Waals surface area contributed by atoms with Gasteiger partial charge in [-0.15, -0.1) is 0 Å². The third kappa shape index (κ3) is 2.16. The molecule has 0 spiro atoms. The van der Waals surface area contributed by atoms with Crippen molar-refractivity contribution in [2.45, 2.75) is 32.7 Å². The van der Waals surface area contributed by atoms with Gasteiger partial charge in [0.25, 0.3) is 0 Å². The summed E-state index contributed by atoms with van der Waals surface area (Å²) < 4.78 is 2.25. The van der Waals surface area contributed by atoms with Gasteiger partial charge in [-0.1, -0.05) is 25.1 Å². The van der Waals surface area contributed by atoms with Gasteiger partial charge in [0.1, 0.15) is 11.3 Å². The predicted molar refractivity (Wildman–Crippen MR) is 80.7 cm³/mol. The van der Waals surface area contributed by atoms with Crippen molar-refractivity contribution in [3.63, 3.8) is 0 Å². The second kappa shape index (κ2) is 5.59. The van der Waals surface area contributed by atoms with E-state index in [4.69, 9.17) is 10.1 Å². The number of para-hydroxylation sites is 1. The van der Waals surface area contributed by atoms with Crippen LogP contribution in [0.5, 0.6) is 0 Å². The van der Waals surface area contributed by atoms with Crippen molar-refractivity contribution >= 4 is 21.9 Å². The molecule has 0 aliphatic heterocycles. The Labute approximate surface area is 118 Å². The summed E-state index contributed by atoms with van der Waals surface area (Å²) in [5.41, 5.74) is 3.09. The summed E-state index contributed by atoms with van der Waals surface area (Å²) in [5, 5.41) is 10.3. The number of hydrogen-bond donors (Lipinski definition) is 1. The Hall–Kier alpha value is -1.94. The second-order valence-electron chi connectivity index (χ2n) is 5.02. The van der Waals surface area contributed by atoms with E-state index >= 15 is 0 Å². The van der Waals surface area contributed by atoms with Crippen molar-refractivity contribution in [3.8, 4) is 0 Å². The molecule has 0 saturated heterocycles. The van der Waals surface area contributed by atoms with Crippen LogP contribution in [0.2, 0.25) is 0 Å². The summed E-state index contributed by atoms with van der Waals surface area (Å²) in [6, 6.07) is 8.16. The van der Waals surface area contributed by atoms with Crippen LogP contribution in [0.4, 0.5) is 0 Å². The van der Waals surface area contributed by atoms with Crippen LogP contribution >= 0.6 is 0 Å². The highest BCUT2D eigenvalue weighted by atomic mass is 16.3. The van der Waals surface area contributed by atoms with Crippen molar-refractivity contribution in [2.24, 2.45) is 0 Å². The molecule has 3 rings (SSSR count). The molecule has 1 aromatic carbocycles. The van der Waals surface area contributed by atoms with Gasteiger partial charge >= 0.3 is 0 Å². The number of aryl methyl sites for hydroxylation is 2. The van der Waals surface area contributed by atoms with E-state index in [0.29, 0.717) is 0 Å². The fourth-order valence-electron chi connectivity index (χ4n) is 2.69. The van der Waals surface area contributed by atoms with E-state index in [1.54, 1.807) is 0 Å². The van der Waals surface area contributed by atoms with E-state index in [1.165, 1.54) is 0 Å². The SMILES string of the molecule is CCCc1nc2cnc3ccccc3c2n1CCCO. The van der Waals surface area contributed by atoms with Gasteiger partial charge in [-0.05, 0) is 18.9 Å². The van der Waals surface area contributed by atoms with Crippen LogP contribution in [0.1, 0.15) is 25.6 Å². The van der Waals surface area contributed by atoms with Gasteiger partial charge in [-0.3, -0.25) is 4.98 Å². The molecule has 1 N–H and O–H groups in total. The summed E-state index contributed by atoms with van der Waals surface area (Å²) >= 11 is 0. The molecule has 0 unspecified atom stereocenters. The highest BCUT2D eigenvalue weighted by Crippen LogP contribution is 2.25. The topological polar surface area (TPSA) is 50.9 Å². The van der Waals surface area contributed by atoms with E-state index in [1.807, 2.05) is 24.4 Å². The Morgan fingerprint density at radius 2 is 2.05 bits per heavy atom. The van der Waals surface area contributed by atoms with Crippen LogP contribution in [0.25, 0.3) is 21.9 Å². The van der Waals surface area contributed by atoms with E-state index in [0.717, 1.165) is 53.6 Å². The van der Waals surface area contributed by atoms with Crippen molar-refractivity contribution in [2.75, 3.05) is 6.61 Å². The lowest BCUT2D eigenvalue weighted by Crippen LogP contribution is -2.05. The molecule has 0 bridgehead atoms. The second-order valence-corrected chi connectivity index (χ2v) is 5.02. The molecule has 2 aromatic heterocycles. The lowest BCUT2D eigenvalue weighted by atomic mass is 10.2. The minimum Gasteiger partial charge on any atom is -0.396 e. The first-order valence-corrected chi connectivity index (χ1v) is 7.19. The Morgan fingerprint density at radius 1 is 1.20 bits per heavy atom. The molecular weight excluding hydrogens is 250 g/mol. The molecule has 4 nitrogen and oxygen atoms in total. The number of nitrogens with zero attached hydrogens (tertiary/aromatic N) is 3. The van der Waals surface area contributed by atoms with Gasteiger partial charge in [-0.2, -0.15) is 0 Å². The Bertz CT molecular complexity index is 733. The number of rotatable bonds is 5. The molecule has 104 valence electrons. The Morgan fingerprint density at radius 3 is 2.85 bits per heavy atom. The van der Waals surface area contributed by atoms with Crippen molar-refractivity contribution in [1.82, 2.24) is 14.5 Å². The minimum absolute atomic E-state index is 0.203. The number of pyridine rings is 1. The van der Waals surface area contributed by atoms with Crippen molar-refractivity contribution in [1.29, 1.82) is 0 Å². The van der Waals surface area contributed by atoms with Gasteiger partial charge < -0.3 is 9.67 Å². The fourth-order valence-corrected chi connectivity index (χ4v) is 2.69. The lowest BCUT2D eigenvalue weighted by molar-refractivity contribution is 0.280. The molecule has 20 heavy (non-hydrogen) atoms. The standard InChI is InChI=1S/C16H19N3O/c1-2-6-15-18-14-11-17-13-8-4-3-7-12(13)16(14)19(15)9-5-10-20/h3-4,7-8,11,20H,2,5-6,9-10H2,1H3. The lowest BCUT2D eigenvalue weighted by Gasteiger charge is -2.09. The largest absolute Gasteiger partial charge is 0.396 e. The van der Waals surface area contributed by atoms with Gasteiger partial charge in [0.15, 0.2) is 0 Å². The van der Waals surface area contributed by atoms with Crippen molar-refractivity contribution < 1.29 is 5.11 Å². The van der Waals surface area contributed by atoms with Crippen molar-refractivity contribution in [3.05, 3.63) is 36.3 Å². The average molecular weight is 269 g/mol. The molecule has 0 amide bonds. The molecule has 0 atom stereocenters. The summed E-state index contributed by atoms with van der Waals surface area (Å²) in [5.74, 6) is 1.09. The fraction of sp³-hybridized carbons (Fsp3) is 0.375. The maximum Gasteiger partial charge on any atom is 0.109 e. The number of benzene rings is 1. The van der Waals surface area contributed by atoms with E-state index in [9.17, 15) is 0 Å². The minimum atomic E-state index is 0.203. The monoisotopic (exact) mass is 269 g/mol. The predicted octanol–water partition coefficient (Wildman–Crippen LogP) is 2.92. The summed E-state index contributed by atoms with van der Waals surface area (Å²) in [6.07, 6.45) is 4.62. The Balaban J connectivity index is 2.27. The molecule has 0 aliphatic rings. The average Bonchev–Trinajstić information content (AvgIpc) is 2.83. The summed E-state index contributed by atoms with van der Waals surface area (Å²) in [6.45, 7) is 3.16. The first kappa shape index (κ1) is 13.1. The van der Waals surface area contributed by atoms with Crippen LogP contribution in [0, 0.1) is 0 Å². The zero-order chi connectivity index (χ0) is 13.9. The molecule has 0 fully saturated rings. The van der Waals surface area contributed by atoms with Crippen LogP contribution in [-0.2, 0) is 13.0 Å². The Kier molecular flexibility index (Phi) is 3.65. The van der Waals surface area contributed by atoms with Gasteiger partial charge in [-0.25, -0.2) is 4.98 Å². The molecule has 0 aliphatic carbocycles. The van der Waals surface area contributed by atoms with Gasteiger partial charge in [0, 0.05) is 25.0 Å². The molecule has 0 saturated carbocycles. The number of aliphatic hydroxyl groups excluding tert-OH is 1. The van der Waals surface area contributed by atoms with Crippen LogP contribution < -0.4 is 0 Å². The molecule has 2 heterocycles. The van der Waals surface area contributed by atoms with E-state index in [2.05, 4.69) is 22.5 Å². The zero-order valence-corrected chi connectivity index (χ0v) is 11.7. The normalized spacial score (nSPS) is 11.5. The molecule has 0 radical (unpaired) electrons. The summed E-state index contributed by atoms with van der Waals surface area (Å²) in [7, 11) is 0. The number of aliphatic hydroxyl groups is 1. The zero-order valence-electron chi connectivity index (χ0n) is 11.7. The first-order valence-electron chi connectivity index (χ1n) is 7.19. The van der Waals surface area contributed by atoms with E-state index in [-0.39, 0.29) is 6.61 Å². The number of hydrogen-bond acceptors (Lipinski definition) is 3. The smallest absolute Gasteiger partial charge is 0.109 e. The third-order valence-corrected chi connectivity index (χ3v) is 3.57. The molecule has 4 heteroatoms. The third-order valence-electron chi connectivity index (χ3n) is 3.57. The molecular formula is C16H19N3O. The maximum absolute atomic E-state index is 9.13. The van der Waals surface area contributed by atoms with Crippen LogP contribution in [0.3, 0.4) is 0 Å². The summed E-state index contributed by atoms with van der Waals surface area (Å²) in [4.78, 5) is 9.20. The maximum atomic E-state index is 9.13. The van der Waals surface area contributed by atoms with Crippen LogP contribution in [0.15, 0.2) is 30.5 Å². The number of aromatic nitrogens is 3. The highest BCUT2D eigenvalue weighted by molar-refractivity contribution is 6.02. The molecule has 3 aromatic rings. The number of imidazole rings is 1. The van der Waals surface area contributed by atoms with Gasteiger partial charge in [0.2, 0.25) is 0 Å². The first-order chi connectivity index (χ1) is 9.85. The quantitative estimate of drug-likeness (QED) is 0.774. The van der Waals surface area contributed by atoms with E-state index < -0.39 is 0 Å². The van der Waals surface area contributed by atoms with Crippen LogP contribution in [-0.4, -0.2) is 26.2 Å². The number of fused-ring (bicyclic) bond motifs is 3. The highest BCUT2D eigenvalue weighted by Gasteiger charge is 2.13. The van der Waals surface area contributed by atoms with Gasteiger partial charge in [0.05, 0.1) is 17.2 Å².